The second-order valence-corrected chi connectivity index (χ2v) is 8.55. The Balaban J connectivity index is 1.59. The summed E-state index contributed by atoms with van der Waals surface area (Å²) in [6.45, 7) is 0. The zero-order chi connectivity index (χ0) is 21.0. The van der Waals surface area contributed by atoms with Crippen LogP contribution in [-0.2, 0) is 16.0 Å². The maximum atomic E-state index is 12.3. The van der Waals surface area contributed by atoms with Crippen molar-refractivity contribution in [1.82, 2.24) is 15.0 Å². The lowest BCUT2D eigenvalue weighted by atomic mass is 10.1. The lowest BCUT2D eigenvalue weighted by Crippen LogP contribution is -2.55. The van der Waals surface area contributed by atoms with Crippen molar-refractivity contribution in [2.75, 3.05) is 32.2 Å². The van der Waals surface area contributed by atoms with Crippen LogP contribution in [-0.4, -0.2) is 64.2 Å². The molecule has 3 aromatic rings. The number of nitrogens with one attached hydrogen (secondary N) is 2. The molecule has 3 rings (SSSR count). The van der Waals surface area contributed by atoms with Gasteiger partial charge in [0, 0.05) is 29.9 Å². The van der Waals surface area contributed by atoms with Gasteiger partial charge < -0.3 is 24.7 Å². The molecule has 0 bridgehead atoms. The van der Waals surface area contributed by atoms with Gasteiger partial charge in [-0.15, -0.1) is 0 Å². The predicted octanol–water partition coefficient (Wildman–Crippen LogP) is 1.06. The minimum atomic E-state index is -1.11. The lowest BCUT2D eigenvalue weighted by Gasteiger charge is -2.34. The monoisotopic (exact) mass is 413 g/mol. The molecule has 1 atom stereocenters. The number of aliphatic carboxylic acids is 1. The predicted molar refractivity (Wildman–Crippen MR) is 110 cm³/mol. The van der Waals surface area contributed by atoms with Crippen LogP contribution in [0.25, 0.3) is 10.9 Å². The number of thioether (sulfide) groups is 1. The number of hydrogen-bond donors (Lipinski definition) is 2. The highest BCUT2D eigenvalue weighted by Crippen LogP contribution is 2.22. The molecule has 152 valence electrons. The van der Waals surface area contributed by atoms with Gasteiger partial charge in [-0.2, -0.15) is 0 Å². The van der Waals surface area contributed by atoms with Crippen LogP contribution in [0, 0.1) is 0 Å². The Bertz CT molecular complexity index is 1020. The largest absolute Gasteiger partial charge is 0.544 e. The summed E-state index contributed by atoms with van der Waals surface area (Å²) in [6.07, 6.45) is 3.56. The molecule has 0 unspecified atom stereocenters. The Morgan fingerprint density at radius 2 is 1.97 bits per heavy atom. The van der Waals surface area contributed by atoms with Crippen molar-refractivity contribution in [3.8, 4) is 0 Å². The summed E-state index contributed by atoms with van der Waals surface area (Å²) >= 11 is 1.25. The number of nitrogens with zero attached hydrogens (tertiary/aromatic N) is 3. The van der Waals surface area contributed by atoms with Crippen LogP contribution in [0.2, 0.25) is 0 Å². The third kappa shape index (κ3) is 5.33. The molecule has 2 N–H and O–H groups in total. The fraction of sp³-hybridized carbons (Fsp3) is 0.300. The van der Waals surface area contributed by atoms with Crippen molar-refractivity contribution < 1.29 is 19.2 Å². The molecule has 1 amide bonds. The van der Waals surface area contributed by atoms with Gasteiger partial charge in [0.25, 0.3) is 0 Å². The van der Waals surface area contributed by atoms with E-state index in [1.807, 2.05) is 30.3 Å². The van der Waals surface area contributed by atoms with Gasteiger partial charge in [-0.05, 0) is 12.1 Å². The fourth-order valence-electron chi connectivity index (χ4n) is 2.92. The number of carbonyl (C=O) groups excluding carboxylic acids is 2. The average molecular weight is 414 g/mol. The highest BCUT2D eigenvalue weighted by molar-refractivity contribution is 7.99. The number of fused-ring (bicyclic) bond motifs is 1. The lowest BCUT2D eigenvalue weighted by molar-refractivity contribution is -0.889. The van der Waals surface area contributed by atoms with Crippen molar-refractivity contribution in [2.45, 2.75) is 17.6 Å². The minimum Gasteiger partial charge on any atom is -0.544 e. The summed E-state index contributed by atoms with van der Waals surface area (Å²) in [5.74, 6) is -1.12. The molecule has 8 nitrogen and oxygen atoms in total. The van der Waals surface area contributed by atoms with Gasteiger partial charge in [-0.1, -0.05) is 30.0 Å². The molecule has 2 heterocycles. The molecule has 0 saturated carbocycles. The molecule has 0 saturated heterocycles. The van der Waals surface area contributed by atoms with E-state index in [-0.39, 0.29) is 22.6 Å². The number of rotatable bonds is 8. The highest BCUT2D eigenvalue weighted by Gasteiger charge is 2.26. The summed E-state index contributed by atoms with van der Waals surface area (Å²) in [4.78, 5) is 35.4. The third-order valence-electron chi connectivity index (χ3n) is 4.47. The smallest absolute Gasteiger partial charge is 0.234 e. The first-order chi connectivity index (χ1) is 13.7. The Hall–Kier alpha value is -2.91. The zero-order valence-electron chi connectivity index (χ0n) is 16.5. The molecule has 0 fully saturated rings. The Labute approximate surface area is 172 Å². The number of anilines is 1. The van der Waals surface area contributed by atoms with Gasteiger partial charge in [0.15, 0.2) is 5.16 Å². The van der Waals surface area contributed by atoms with Crippen LogP contribution >= 0.6 is 11.8 Å². The normalized spacial score (nSPS) is 12.7. The topological polar surface area (TPSA) is 111 Å². The maximum Gasteiger partial charge on any atom is 0.234 e. The van der Waals surface area contributed by atoms with Gasteiger partial charge >= 0.3 is 0 Å². The van der Waals surface area contributed by atoms with Crippen LogP contribution in [0.4, 0.5) is 5.69 Å². The molecule has 29 heavy (non-hydrogen) atoms. The first-order valence-corrected chi connectivity index (χ1v) is 10.0. The number of benzene rings is 1. The number of aromatic nitrogens is 3. The number of imidazole rings is 1. The molecule has 0 aliphatic heterocycles. The van der Waals surface area contributed by atoms with Crippen molar-refractivity contribution in [1.29, 1.82) is 0 Å². The summed E-state index contributed by atoms with van der Waals surface area (Å²) in [5.41, 5.74) is 2.09. The number of carbonyl (C=O) groups is 2. The van der Waals surface area contributed by atoms with Crippen molar-refractivity contribution in [3.05, 3.63) is 48.4 Å². The van der Waals surface area contributed by atoms with Crippen molar-refractivity contribution in [3.63, 3.8) is 0 Å². The van der Waals surface area contributed by atoms with Gasteiger partial charge in [-0.25, -0.2) is 4.98 Å². The second-order valence-electron chi connectivity index (χ2n) is 7.59. The SMILES string of the molecule is C[N+](C)(C)[C@@H](Cc1cnc(SCC(=O)Nc2cccc3cccnc23)[nH]1)C(=O)[O-]. The number of amides is 1. The quantitative estimate of drug-likeness (QED) is 0.422. The van der Waals surface area contributed by atoms with E-state index in [9.17, 15) is 14.7 Å². The Morgan fingerprint density at radius 3 is 2.69 bits per heavy atom. The Morgan fingerprint density at radius 1 is 1.21 bits per heavy atom. The van der Waals surface area contributed by atoms with E-state index < -0.39 is 12.0 Å². The average Bonchev–Trinajstić information content (AvgIpc) is 3.11. The van der Waals surface area contributed by atoms with E-state index in [0.717, 1.165) is 10.9 Å². The van der Waals surface area contributed by atoms with Crippen LogP contribution in [0.3, 0.4) is 0 Å². The molecular formula is C20H23N5O3S. The van der Waals surface area contributed by atoms with Crippen LogP contribution in [0.1, 0.15) is 5.69 Å². The van der Waals surface area contributed by atoms with E-state index >= 15 is 0 Å². The number of hydrogen-bond acceptors (Lipinski definition) is 6. The summed E-state index contributed by atoms with van der Waals surface area (Å²) in [6, 6.07) is 8.71. The number of carboxylic acids is 1. The Kier molecular flexibility index (Phi) is 6.19. The van der Waals surface area contributed by atoms with Crippen molar-refractivity contribution in [2.24, 2.45) is 0 Å². The summed E-state index contributed by atoms with van der Waals surface area (Å²) < 4.78 is 0.241. The summed E-state index contributed by atoms with van der Waals surface area (Å²) in [5, 5.41) is 15.8. The number of carboxylic acid groups (broad SMARTS) is 1. The number of pyridine rings is 1. The van der Waals surface area contributed by atoms with E-state index in [4.69, 9.17) is 0 Å². The number of para-hydroxylation sites is 1. The van der Waals surface area contributed by atoms with Crippen LogP contribution in [0.15, 0.2) is 47.9 Å². The van der Waals surface area contributed by atoms with Crippen LogP contribution < -0.4 is 10.4 Å². The number of H-pyrrole nitrogens is 1. The number of aromatic amines is 1. The molecule has 0 aliphatic carbocycles. The standard InChI is InChI=1S/C20H23N5O3S/c1-25(2,3)16(19(27)28)10-14-11-22-20(23-14)29-12-17(26)24-15-8-4-6-13-7-5-9-21-18(13)15/h4-9,11,16H,10,12H2,1-3H3,(H2-,22,23,24,26,27,28)/t16-/m0/s1. The number of quaternary nitrogens is 1. The molecular weight excluding hydrogens is 390 g/mol. The van der Waals surface area contributed by atoms with E-state index in [0.29, 0.717) is 16.5 Å². The molecule has 2 aromatic heterocycles. The van der Waals surface area contributed by atoms with E-state index in [1.54, 1.807) is 33.5 Å². The minimum absolute atomic E-state index is 0.162. The van der Waals surface area contributed by atoms with Crippen molar-refractivity contribution >= 4 is 40.2 Å². The molecule has 0 aliphatic rings. The van der Waals surface area contributed by atoms with Gasteiger partial charge in [-0.3, -0.25) is 9.78 Å². The molecule has 1 aromatic carbocycles. The van der Waals surface area contributed by atoms with Gasteiger partial charge in [0.2, 0.25) is 5.91 Å². The van der Waals surface area contributed by atoms with Crippen LogP contribution in [0.5, 0.6) is 0 Å². The number of likely N-dealkylation sites (N-methyl/N-ethyl adjacent to an activating group) is 1. The van der Waals surface area contributed by atoms with Gasteiger partial charge in [0.1, 0.15) is 6.04 Å². The van der Waals surface area contributed by atoms with E-state index in [1.165, 1.54) is 11.8 Å². The first-order valence-electron chi connectivity index (χ1n) is 9.06. The fourth-order valence-corrected chi connectivity index (χ4v) is 3.59. The first kappa shape index (κ1) is 20.8. The molecule has 9 heteroatoms. The van der Waals surface area contributed by atoms with Gasteiger partial charge in [0.05, 0.1) is 44.1 Å². The molecule has 0 spiro atoms. The second kappa shape index (κ2) is 8.62. The maximum absolute atomic E-state index is 12.3. The van der Waals surface area contributed by atoms with E-state index in [2.05, 4.69) is 20.3 Å². The summed E-state index contributed by atoms with van der Waals surface area (Å²) in [7, 11) is 5.41. The third-order valence-corrected chi connectivity index (χ3v) is 5.36. The zero-order valence-corrected chi connectivity index (χ0v) is 17.3. The molecule has 0 radical (unpaired) electrons. The highest BCUT2D eigenvalue weighted by atomic mass is 32.2.